The van der Waals surface area contributed by atoms with E-state index in [0.29, 0.717) is 11.3 Å². The third-order valence-electron chi connectivity index (χ3n) is 3.73. The Bertz CT molecular complexity index is 710. The maximum atomic E-state index is 12.5. The van der Waals surface area contributed by atoms with Gasteiger partial charge in [0.05, 0.1) is 6.04 Å². The molecule has 0 aliphatic carbocycles. The van der Waals surface area contributed by atoms with Gasteiger partial charge in [0.1, 0.15) is 5.75 Å². The van der Waals surface area contributed by atoms with Crippen LogP contribution in [0.1, 0.15) is 41.4 Å². The third-order valence-corrected chi connectivity index (χ3v) is 3.73. The average molecular weight is 327 g/mol. The van der Waals surface area contributed by atoms with E-state index < -0.39 is 5.97 Å². The van der Waals surface area contributed by atoms with E-state index in [4.69, 9.17) is 9.84 Å². The zero-order chi connectivity index (χ0) is 17.5. The number of rotatable bonds is 7. The van der Waals surface area contributed by atoms with E-state index in [9.17, 15) is 9.59 Å². The number of hydrogen-bond acceptors (Lipinski definition) is 3. The van der Waals surface area contributed by atoms with Crippen molar-refractivity contribution in [2.75, 3.05) is 6.61 Å². The number of ether oxygens (including phenoxy) is 1. The number of amides is 1. The Morgan fingerprint density at radius 2 is 1.79 bits per heavy atom. The van der Waals surface area contributed by atoms with Gasteiger partial charge in [-0.15, -0.1) is 0 Å². The van der Waals surface area contributed by atoms with Crippen LogP contribution in [-0.4, -0.2) is 23.6 Å². The number of carbonyl (C=O) groups excluding carboxylic acids is 1. The summed E-state index contributed by atoms with van der Waals surface area (Å²) in [5.74, 6) is -0.642. The van der Waals surface area contributed by atoms with Gasteiger partial charge in [-0.05, 0) is 42.7 Å². The Morgan fingerprint density at radius 1 is 1.12 bits per heavy atom. The molecule has 2 N–H and O–H groups in total. The van der Waals surface area contributed by atoms with Crippen LogP contribution in [0.3, 0.4) is 0 Å². The fraction of sp³-hybridized carbons (Fsp3) is 0.263. The summed E-state index contributed by atoms with van der Waals surface area (Å²) in [5, 5.41) is 11.6. The normalized spacial score (nSPS) is 11.6. The number of carboxylic acid groups (broad SMARTS) is 1. The molecule has 2 aromatic rings. The molecular weight excluding hydrogens is 306 g/mol. The van der Waals surface area contributed by atoms with Crippen LogP contribution in [0.4, 0.5) is 0 Å². The van der Waals surface area contributed by atoms with Crippen molar-refractivity contribution in [3.63, 3.8) is 0 Å². The number of aliphatic carboxylic acids is 1. The molecule has 5 heteroatoms. The molecule has 0 radical (unpaired) electrons. The second-order valence-corrected chi connectivity index (χ2v) is 5.46. The van der Waals surface area contributed by atoms with Gasteiger partial charge in [0, 0.05) is 5.56 Å². The molecule has 0 aliphatic rings. The van der Waals surface area contributed by atoms with Crippen LogP contribution in [0.15, 0.2) is 48.5 Å². The Hall–Kier alpha value is -2.82. The number of hydrogen-bond donors (Lipinski definition) is 2. The van der Waals surface area contributed by atoms with E-state index in [0.717, 1.165) is 17.5 Å². The van der Waals surface area contributed by atoms with E-state index in [1.807, 2.05) is 50.2 Å². The summed E-state index contributed by atoms with van der Waals surface area (Å²) in [5.41, 5.74) is 2.62. The van der Waals surface area contributed by atoms with Crippen LogP contribution in [0.25, 0.3) is 0 Å². The van der Waals surface area contributed by atoms with Crippen molar-refractivity contribution >= 4 is 11.9 Å². The van der Waals surface area contributed by atoms with E-state index in [1.165, 1.54) is 0 Å². The first-order chi connectivity index (χ1) is 11.5. The van der Waals surface area contributed by atoms with Crippen molar-refractivity contribution in [2.45, 2.75) is 26.3 Å². The Balaban J connectivity index is 2.02. The second kappa shape index (κ2) is 8.15. The predicted molar refractivity (Wildman–Crippen MR) is 91.3 cm³/mol. The molecule has 2 aromatic carbocycles. The molecule has 0 spiro atoms. The minimum absolute atomic E-state index is 0.105. The Labute approximate surface area is 141 Å². The van der Waals surface area contributed by atoms with E-state index >= 15 is 0 Å². The van der Waals surface area contributed by atoms with Gasteiger partial charge in [0.2, 0.25) is 0 Å². The molecule has 1 atom stereocenters. The summed E-state index contributed by atoms with van der Waals surface area (Å²) in [6.07, 6.45) is 0.799. The lowest BCUT2D eigenvalue weighted by Crippen LogP contribution is -2.27. The summed E-state index contributed by atoms with van der Waals surface area (Å²) in [6, 6.07) is 14.4. The van der Waals surface area contributed by atoms with Crippen LogP contribution < -0.4 is 10.1 Å². The van der Waals surface area contributed by atoms with Crippen LogP contribution in [0.5, 0.6) is 5.75 Å². The second-order valence-electron chi connectivity index (χ2n) is 5.46. The quantitative estimate of drug-likeness (QED) is 0.819. The van der Waals surface area contributed by atoms with Gasteiger partial charge < -0.3 is 15.2 Å². The zero-order valence-corrected chi connectivity index (χ0v) is 13.8. The minimum Gasteiger partial charge on any atom is -0.482 e. The molecule has 5 nitrogen and oxygen atoms in total. The van der Waals surface area contributed by atoms with Crippen LogP contribution in [0.2, 0.25) is 0 Å². The highest BCUT2D eigenvalue weighted by Crippen LogP contribution is 2.19. The topological polar surface area (TPSA) is 75.6 Å². The maximum absolute atomic E-state index is 12.5. The van der Waals surface area contributed by atoms with Gasteiger partial charge in [-0.1, -0.05) is 37.3 Å². The van der Waals surface area contributed by atoms with Crippen LogP contribution >= 0.6 is 0 Å². The first kappa shape index (κ1) is 17.5. The number of carbonyl (C=O) groups is 2. The fourth-order valence-electron chi connectivity index (χ4n) is 2.41. The highest BCUT2D eigenvalue weighted by molar-refractivity contribution is 5.95. The number of nitrogens with one attached hydrogen (secondary N) is 1. The maximum Gasteiger partial charge on any atom is 0.341 e. The van der Waals surface area contributed by atoms with E-state index in [2.05, 4.69) is 5.32 Å². The zero-order valence-electron chi connectivity index (χ0n) is 13.8. The third kappa shape index (κ3) is 4.59. The molecule has 2 rings (SSSR count). The number of aryl methyl sites for hydroxylation is 1. The van der Waals surface area contributed by atoms with Gasteiger partial charge in [0.25, 0.3) is 5.91 Å². The highest BCUT2D eigenvalue weighted by atomic mass is 16.5. The molecule has 0 aromatic heterocycles. The van der Waals surface area contributed by atoms with Gasteiger partial charge in [-0.3, -0.25) is 4.79 Å². The van der Waals surface area contributed by atoms with E-state index in [1.54, 1.807) is 12.1 Å². The first-order valence-corrected chi connectivity index (χ1v) is 7.84. The largest absolute Gasteiger partial charge is 0.482 e. The van der Waals surface area contributed by atoms with Crippen molar-refractivity contribution in [1.82, 2.24) is 5.32 Å². The molecular formula is C19H21NO4. The van der Waals surface area contributed by atoms with Crippen LogP contribution in [-0.2, 0) is 11.2 Å². The molecule has 0 fully saturated rings. The van der Waals surface area contributed by atoms with Crippen LogP contribution in [0, 0.1) is 0 Å². The summed E-state index contributed by atoms with van der Waals surface area (Å²) in [4.78, 5) is 22.9. The lowest BCUT2D eigenvalue weighted by molar-refractivity contribution is -0.139. The summed E-state index contributed by atoms with van der Waals surface area (Å²) >= 11 is 0. The van der Waals surface area contributed by atoms with E-state index in [-0.39, 0.29) is 18.6 Å². The molecule has 1 unspecified atom stereocenters. The first-order valence-electron chi connectivity index (χ1n) is 7.84. The summed E-state index contributed by atoms with van der Waals surface area (Å²) < 4.78 is 5.10. The Morgan fingerprint density at radius 3 is 2.42 bits per heavy atom. The van der Waals surface area contributed by atoms with Gasteiger partial charge >= 0.3 is 5.97 Å². The number of benzene rings is 2. The van der Waals surface area contributed by atoms with Crippen molar-refractivity contribution < 1.29 is 19.4 Å². The fourth-order valence-corrected chi connectivity index (χ4v) is 2.41. The molecule has 1 amide bonds. The highest BCUT2D eigenvalue weighted by Gasteiger charge is 2.14. The van der Waals surface area contributed by atoms with Crippen molar-refractivity contribution in [3.8, 4) is 5.75 Å². The molecule has 0 bridgehead atoms. The average Bonchev–Trinajstić information content (AvgIpc) is 2.60. The van der Waals surface area contributed by atoms with Gasteiger partial charge in [-0.2, -0.15) is 0 Å². The predicted octanol–water partition coefficient (Wildman–Crippen LogP) is 3.20. The Kier molecular flexibility index (Phi) is 5.95. The monoisotopic (exact) mass is 327 g/mol. The molecule has 0 saturated carbocycles. The standard InChI is InChI=1S/C19H21NO4/c1-3-14-6-4-5-7-17(14)19(23)20-13(2)15-8-10-16(11-9-15)24-12-18(21)22/h4-11,13H,3,12H2,1-2H3,(H,20,23)(H,21,22). The van der Waals surface area contributed by atoms with Crippen molar-refractivity contribution in [3.05, 3.63) is 65.2 Å². The summed E-state index contributed by atoms with van der Waals surface area (Å²) in [6.45, 7) is 3.55. The van der Waals surface area contributed by atoms with Gasteiger partial charge in [-0.25, -0.2) is 4.79 Å². The lowest BCUT2D eigenvalue weighted by Gasteiger charge is -2.16. The summed E-state index contributed by atoms with van der Waals surface area (Å²) in [7, 11) is 0. The molecule has 126 valence electrons. The lowest BCUT2D eigenvalue weighted by atomic mass is 10.0. The molecule has 0 heterocycles. The minimum atomic E-state index is -1.02. The van der Waals surface area contributed by atoms with Crippen molar-refractivity contribution in [2.24, 2.45) is 0 Å². The molecule has 24 heavy (non-hydrogen) atoms. The van der Waals surface area contributed by atoms with Gasteiger partial charge in [0.15, 0.2) is 6.61 Å². The van der Waals surface area contributed by atoms with Crippen molar-refractivity contribution in [1.29, 1.82) is 0 Å². The smallest absolute Gasteiger partial charge is 0.341 e. The SMILES string of the molecule is CCc1ccccc1C(=O)NC(C)c1ccc(OCC(=O)O)cc1. The number of carboxylic acids is 1. The molecule has 0 aliphatic heterocycles. The molecule has 0 saturated heterocycles.